The van der Waals surface area contributed by atoms with E-state index in [9.17, 15) is 0 Å². The number of hydrogen-bond acceptors (Lipinski definition) is 3. The SMILES string of the molecule is Clc1ccc(Cn2cc(COCc3ccccc3)nn2)cc1. The molecule has 1 heterocycles. The lowest BCUT2D eigenvalue weighted by Crippen LogP contribution is -2.00. The Balaban J connectivity index is 1.51. The van der Waals surface area contributed by atoms with Gasteiger partial charge in [0.1, 0.15) is 5.69 Å². The van der Waals surface area contributed by atoms with E-state index in [4.69, 9.17) is 16.3 Å². The second-order valence-corrected chi connectivity index (χ2v) is 5.45. The predicted molar refractivity (Wildman–Crippen MR) is 85.5 cm³/mol. The predicted octanol–water partition coefficient (Wildman–Crippen LogP) is 3.70. The molecular weight excluding hydrogens is 298 g/mol. The smallest absolute Gasteiger partial charge is 0.108 e. The van der Waals surface area contributed by atoms with Crippen molar-refractivity contribution in [3.8, 4) is 0 Å². The number of ether oxygens (including phenoxy) is 1. The van der Waals surface area contributed by atoms with E-state index in [0.29, 0.717) is 19.8 Å². The number of benzene rings is 2. The highest BCUT2D eigenvalue weighted by molar-refractivity contribution is 6.30. The van der Waals surface area contributed by atoms with Crippen molar-refractivity contribution in [3.63, 3.8) is 0 Å². The number of nitrogens with zero attached hydrogens (tertiary/aromatic N) is 3. The summed E-state index contributed by atoms with van der Waals surface area (Å²) in [7, 11) is 0. The van der Waals surface area contributed by atoms with Crippen molar-refractivity contribution in [2.24, 2.45) is 0 Å². The monoisotopic (exact) mass is 313 g/mol. The van der Waals surface area contributed by atoms with Crippen molar-refractivity contribution in [2.45, 2.75) is 19.8 Å². The van der Waals surface area contributed by atoms with Crippen LogP contribution in [-0.2, 0) is 24.5 Å². The van der Waals surface area contributed by atoms with Crippen LogP contribution in [0.4, 0.5) is 0 Å². The normalized spacial score (nSPS) is 10.8. The first kappa shape index (κ1) is 14.8. The standard InChI is InChI=1S/C17H16ClN3O/c18-16-8-6-14(7-9-16)10-21-11-17(19-20-21)13-22-12-15-4-2-1-3-5-15/h1-9,11H,10,12-13H2. The van der Waals surface area contributed by atoms with E-state index in [1.807, 2.05) is 60.8 Å². The van der Waals surface area contributed by atoms with Gasteiger partial charge >= 0.3 is 0 Å². The van der Waals surface area contributed by atoms with Crippen LogP contribution in [0.15, 0.2) is 60.8 Å². The molecule has 112 valence electrons. The Bertz CT molecular complexity index is 710. The molecule has 0 saturated heterocycles. The topological polar surface area (TPSA) is 39.9 Å². The zero-order valence-corrected chi connectivity index (χ0v) is 12.8. The van der Waals surface area contributed by atoms with E-state index in [2.05, 4.69) is 10.3 Å². The number of rotatable bonds is 6. The third-order valence-electron chi connectivity index (χ3n) is 3.21. The van der Waals surface area contributed by atoms with E-state index in [0.717, 1.165) is 21.8 Å². The Hall–Kier alpha value is -2.17. The molecule has 0 atom stereocenters. The lowest BCUT2D eigenvalue weighted by Gasteiger charge is -2.02. The molecule has 3 aromatic rings. The summed E-state index contributed by atoms with van der Waals surface area (Å²) in [6.07, 6.45) is 1.90. The van der Waals surface area contributed by atoms with Gasteiger partial charge in [-0.15, -0.1) is 5.10 Å². The molecular formula is C17H16ClN3O. The summed E-state index contributed by atoms with van der Waals surface area (Å²) in [6.45, 7) is 1.70. The summed E-state index contributed by atoms with van der Waals surface area (Å²) in [4.78, 5) is 0. The molecule has 0 bridgehead atoms. The molecule has 0 aliphatic rings. The summed E-state index contributed by atoms with van der Waals surface area (Å²) >= 11 is 5.88. The summed E-state index contributed by atoms with van der Waals surface area (Å²) < 4.78 is 7.45. The molecule has 5 heteroatoms. The summed E-state index contributed by atoms with van der Waals surface area (Å²) in [5, 5.41) is 8.97. The fraction of sp³-hybridized carbons (Fsp3) is 0.176. The van der Waals surface area contributed by atoms with Gasteiger partial charge in [-0.2, -0.15) is 0 Å². The van der Waals surface area contributed by atoms with E-state index >= 15 is 0 Å². The molecule has 0 spiro atoms. The quantitative estimate of drug-likeness (QED) is 0.696. The first-order valence-electron chi connectivity index (χ1n) is 7.05. The van der Waals surface area contributed by atoms with E-state index < -0.39 is 0 Å². The average Bonchev–Trinajstić information content (AvgIpc) is 2.98. The van der Waals surface area contributed by atoms with Crippen LogP contribution in [0.3, 0.4) is 0 Å². The number of halogens is 1. The first-order chi connectivity index (χ1) is 10.8. The Morgan fingerprint density at radius 1 is 0.909 bits per heavy atom. The molecule has 0 aliphatic carbocycles. The van der Waals surface area contributed by atoms with Gasteiger partial charge in [0.25, 0.3) is 0 Å². The van der Waals surface area contributed by atoms with Crippen LogP contribution >= 0.6 is 11.6 Å². The van der Waals surface area contributed by atoms with Gasteiger partial charge in [0, 0.05) is 5.02 Å². The van der Waals surface area contributed by atoms with Crippen molar-refractivity contribution in [1.29, 1.82) is 0 Å². The van der Waals surface area contributed by atoms with E-state index in [-0.39, 0.29) is 0 Å². The van der Waals surface area contributed by atoms with E-state index in [1.54, 1.807) is 4.68 Å². The second-order valence-electron chi connectivity index (χ2n) is 5.01. The molecule has 0 aliphatic heterocycles. The molecule has 0 unspecified atom stereocenters. The van der Waals surface area contributed by atoms with Gasteiger partial charge in [-0.05, 0) is 23.3 Å². The minimum absolute atomic E-state index is 0.454. The first-order valence-corrected chi connectivity index (χ1v) is 7.42. The fourth-order valence-corrected chi connectivity index (χ4v) is 2.23. The lowest BCUT2D eigenvalue weighted by molar-refractivity contribution is 0.104. The third-order valence-corrected chi connectivity index (χ3v) is 3.46. The lowest BCUT2D eigenvalue weighted by atomic mass is 10.2. The maximum absolute atomic E-state index is 5.88. The molecule has 3 rings (SSSR count). The number of hydrogen-bond donors (Lipinski definition) is 0. The molecule has 4 nitrogen and oxygen atoms in total. The highest BCUT2D eigenvalue weighted by atomic mass is 35.5. The Labute approximate surface area is 134 Å². The van der Waals surface area contributed by atoms with Gasteiger partial charge in [0.15, 0.2) is 0 Å². The summed E-state index contributed by atoms with van der Waals surface area (Å²) in [5.74, 6) is 0. The molecule has 0 amide bonds. The number of aromatic nitrogens is 3. The van der Waals surface area contributed by atoms with Crippen LogP contribution in [0.1, 0.15) is 16.8 Å². The van der Waals surface area contributed by atoms with Gasteiger partial charge in [0.05, 0.1) is 26.0 Å². The van der Waals surface area contributed by atoms with Crippen molar-refractivity contribution in [3.05, 3.63) is 82.6 Å². The Morgan fingerprint density at radius 2 is 1.68 bits per heavy atom. The van der Waals surface area contributed by atoms with Gasteiger partial charge in [0.2, 0.25) is 0 Å². The zero-order chi connectivity index (χ0) is 15.2. The molecule has 22 heavy (non-hydrogen) atoms. The minimum Gasteiger partial charge on any atom is -0.370 e. The maximum atomic E-state index is 5.88. The molecule has 1 aromatic heterocycles. The van der Waals surface area contributed by atoms with Crippen LogP contribution in [0, 0.1) is 0 Å². The van der Waals surface area contributed by atoms with Crippen molar-refractivity contribution >= 4 is 11.6 Å². The third kappa shape index (κ3) is 4.16. The summed E-state index contributed by atoms with van der Waals surface area (Å²) in [6, 6.07) is 17.8. The van der Waals surface area contributed by atoms with Crippen LogP contribution in [0.2, 0.25) is 5.02 Å². The molecule has 0 saturated carbocycles. The highest BCUT2D eigenvalue weighted by Crippen LogP contribution is 2.10. The highest BCUT2D eigenvalue weighted by Gasteiger charge is 2.02. The maximum Gasteiger partial charge on any atom is 0.108 e. The van der Waals surface area contributed by atoms with Crippen LogP contribution < -0.4 is 0 Å². The van der Waals surface area contributed by atoms with Crippen LogP contribution in [0.25, 0.3) is 0 Å². The largest absolute Gasteiger partial charge is 0.370 e. The van der Waals surface area contributed by atoms with E-state index in [1.165, 1.54) is 0 Å². The van der Waals surface area contributed by atoms with Gasteiger partial charge < -0.3 is 4.74 Å². The summed E-state index contributed by atoms with van der Waals surface area (Å²) in [5.41, 5.74) is 3.10. The van der Waals surface area contributed by atoms with Gasteiger partial charge in [-0.1, -0.05) is 59.3 Å². The average molecular weight is 314 g/mol. The molecule has 0 fully saturated rings. The van der Waals surface area contributed by atoms with Crippen molar-refractivity contribution in [1.82, 2.24) is 15.0 Å². The molecule has 2 aromatic carbocycles. The van der Waals surface area contributed by atoms with Gasteiger partial charge in [-0.25, -0.2) is 4.68 Å². The Morgan fingerprint density at radius 3 is 2.45 bits per heavy atom. The van der Waals surface area contributed by atoms with Crippen LogP contribution in [-0.4, -0.2) is 15.0 Å². The Kier molecular flexibility index (Phi) is 4.83. The minimum atomic E-state index is 0.454. The second kappa shape index (κ2) is 7.20. The van der Waals surface area contributed by atoms with Gasteiger partial charge in [-0.3, -0.25) is 0 Å². The van der Waals surface area contributed by atoms with Crippen molar-refractivity contribution in [2.75, 3.05) is 0 Å². The zero-order valence-electron chi connectivity index (χ0n) is 12.0. The molecule has 0 N–H and O–H groups in total. The van der Waals surface area contributed by atoms with Crippen molar-refractivity contribution < 1.29 is 4.74 Å². The fourth-order valence-electron chi connectivity index (χ4n) is 2.11. The van der Waals surface area contributed by atoms with Crippen LogP contribution in [0.5, 0.6) is 0 Å². The molecule has 0 radical (unpaired) electrons.